The Morgan fingerprint density at radius 3 is 1.90 bits per heavy atom. The molecule has 48 heavy (non-hydrogen) atoms. The Balaban J connectivity index is 1.50. The van der Waals surface area contributed by atoms with Crippen molar-refractivity contribution in [2.75, 3.05) is 13.7 Å². The minimum absolute atomic E-state index is 0.0249. The Morgan fingerprint density at radius 1 is 0.771 bits per heavy atom. The molecular formula is C34H25Cl3FNO8S. The Bertz CT molecular complexity index is 2130. The third kappa shape index (κ3) is 8.23. The number of benzene rings is 5. The van der Waals surface area contributed by atoms with Gasteiger partial charge in [0, 0.05) is 0 Å². The molecule has 0 saturated heterocycles. The first-order chi connectivity index (χ1) is 23.0. The van der Waals surface area contributed by atoms with Gasteiger partial charge in [-0.2, -0.15) is 8.42 Å². The number of nitrogens with zero attached hydrogens (tertiary/aromatic N) is 1. The van der Waals surface area contributed by atoms with Crippen molar-refractivity contribution in [1.82, 2.24) is 0 Å². The van der Waals surface area contributed by atoms with E-state index >= 15 is 4.39 Å². The molecule has 9 nitrogen and oxygen atoms in total. The maximum absolute atomic E-state index is 15.8. The summed E-state index contributed by atoms with van der Waals surface area (Å²) in [5.41, 5.74) is 0.141. The van der Waals surface area contributed by atoms with E-state index in [2.05, 4.69) is 9.99 Å². The number of fused-ring (bicyclic) bond motifs is 2. The van der Waals surface area contributed by atoms with E-state index < -0.39 is 51.9 Å². The fourth-order valence-electron chi connectivity index (χ4n) is 4.70. The van der Waals surface area contributed by atoms with Crippen LogP contribution in [-0.4, -0.2) is 58.7 Å². The number of hydrogen-bond donors (Lipinski definition) is 0. The first kappa shape index (κ1) is 35.1. The third-order valence-corrected chi connectivity index (χ3v) is 9.60. The Hall–Kier alpha value is -4.26. The number of hydrogen-bond acceptors (Lipinski definition) is 9. The zero-order chi connectivity index (χ0) is 34.4. The molecule has 5 rings (SSSR count). The van der Waals surface area contributed by atoms with Gasteiger partial charge in [-0.1, -0.05) is 101 Å². The molecule has 0 heterocycles. The molecule has 0 spiro atoms. The molecule has 0 amide bonds. The van der Waals surface area contributed by atoms with Gasteiger partial charge in [0.2, 0.25) is 0 Å². The second-order valence-electron chi connectivity index (χ2n) is 10.3. The van der Waals surface area contributed by atoms with Gasteiger partial charge in [0.05, 0.1) is 32.4 Å². The number of rotatable bonds is 12. The third-order valence-electron chi connectivity index (χ3n) is 7.08. The second-order valence-corrected chi connectivity index (χ2v) is 13.0. The van der Waals surface area contributed by atoms with Gasteiger partial charge in [0.15, 0.2) is 18.4 Å². The van der Waals surface area contributed by atoms with Crippen LogP contribution < -0.4 is 0 Å². The normalized spacial score (nSPS) is 13.7. The zero-order valence-corrected chi connectivity index (χ0v) is 28.0. The summed E-state index contributed by atoms with van der Waals surface area (Å²) in [7, 11) is -3.75. The van der Waals surface area contributed by atoms with Crippen LogP contribution in [0.15, 0.2) is 107 Å². The van der Waals surface area contributed by atoms with E-state index in [1.54, 1.807) is 42.5 Å². The van der Waals surface area contributed by atoms with Crippen molar-refractivity contribution in [2.45, 2.75) is 23.3 Å². The average Bonchev–Trinajstić information content (AvgIpc) is 3.08. The summed E-state index contributed by atoms with van der Waals surface area (Å²) in [5, 5.41) is 5.94. The number of halogens is 4. The van der Waals surface area contributed by atoms with E-state index in [4.69, 9.17) is 48.5 Å². The Labute approximate surface area is 289 Å². The van der Waals surface area contributed by atoms with E-state index in [-0.39, 0.29) is 26.2 Å². The number of carbonyl (C=O) groups excluding carboxylic acids is 2. The SMILES string of the molecule is CON=CC(F)C(OC(=O)c1ccc2ccccc2c1)C(COC(=O)c1ccc2ccccc2c1)OS(=O)(=O)c1cc(Cl)c(Cl)cc1Cl. The number of ether oxygens (including phenoxy) is 2. The van der Waals surface area contributed by atoms with Crippen LogP contribution in [0.4, 0.5) is 4.39 Å². The van der Waals surface area contributed by atoms with E-state index in [1.807, 2.05) is 24.3 Å². The number of esters is 2. The quantitative estimate of drug-likeness (QED) is 0.0416. The van der Waals surface area contributed by atoms with Gasteiger partial charge in [0.25, 0.3) is 10.1 Å². The minimum atomic E-state index is -4.90. The second kappa shape index (κ2) is 15.3. The monoisotopic (exact) mass is 731 g/mol. The van der Waals surface area contributed by atoms with Crippen molar-refractivity contribution >= 4 is 84.6 Å². The molecule has 3 unspecified atom stereocenters. The van der Waals surface area contributed by atoms with Gasteiger partial charge in [-0.15, -0.1) is 0 Å². The summed E-state index contributed by atoms with van der Waals surface area (Å²) < 4.78 is 59.3. The topological polar surface area (TPSA) is 118 Å². The number of carbonyl (C=O) groups is 2. The molecule has 0 aliphatic heterocycles. The van der Waals surface area contributed by atoms with Crippen molar-refractivity contribution in [1.29, 1.82) is 0 Å². The highest BCUT2D eigenvalue weighted by atomic mass is 35.5. The van der Waals surface area contributed by atoms with Crippen LogP contribution >= 0.6 is 34.8 Å². The van der Waals surface area contributed by atoms with Crippen molar-refractivity contribution < 1.29 is 40.9 Å². The summed E-state index contributed by atoms with van der Waals surface area (Å²) in [5.74, 6) is -1.92. The zero-order valence-electron chi connectivity index (χ0n) is 24.9. The van der Waals surface area contributed by atoms with E-state index in [0.29, 0.717) is 11.6 Å². The molecule has 3 atom stereocenters. The van der Waals surface area contributed by atoms with Crippen molar-refractivity contribution in [3.05, 3.63) is 123 Å². The first-order valence-corrected chi connectivity index (χ1v) is 16.7. The molecule has 5 aromatic rings. The molecule has 0 aromatic heterocycles. The molecule has 14 heteroatoms. The van der Waals surface area contributed by atoms with Gasteiger partial charge in [-0.3, -0.25) is 4.18 Å². The predicted octanol–water partition coefficient (Wildman–Crippen LogP) is 8.08. The maximum atomic E-state index is 15.8. The molecule has 0 radical (unpaired) electrons. The fraction of sp³-hybridized carbons (Fsp3) is 0.147. The van der Waals surface area contributed by atoms with Crippen LogP contribution in [0.2, 0.25) is 15.1 Å². The molecular weight excluding hydrogens is 708 g/mol. The summed E-state index contributed by atoms with van der Waals surface area (Å²) in [6, 6.07) is 25.9. The van der Waals surface area contributed by atoms with Gasteiger partial charge in [-0.25, -0.2) is 14.0 Å². The number of oxime groups is 1. The molecule has 248 valence electrons. The predicted molar refractivity (Wildman–Crippen MR) is 181 cm³/mol. The van der Waals surface area contributed by atoms with E-state index in [0.717, 1.165) is 35.4 Å². The van der Waals surface area contributed by atoms with Crippen LogP contribution in [0.5, 0.6) is 0 Å². The molecule has 5 aromatic carbocycles. The van der Waals surface area contributed by atoms with Gasteiger partial charge < -0.3 is 14.3 Å². The summed E-state index contributed by atoms with van der Waals surface area (Å²) in [6.45, 7) is -0.902. The standard InChI is InChI=1S/C34H25Cl3FNO8S/c1-44-39-18-29(38)32(46-34(41)25-13-11-21-7-3-5-9-23(21)15-25)30(47-48(42,43)31-17-27(36)26(35)16-28(31)37)19-45-33(40)24-12-10-20-6-2-4-8-22(20)14-24/h2-18,29-30,32H,19H2,1H3. The molecule has 0 bridgehead atoms. The van der Waals surface area contributed by atoms with Crippen molar-refractivity contribution in [3.63, 3.8) is 0 Å². The molecule has 0 aliphatic rings. The fourth-order valence-corrected chi connectivity index (χ4v) is 6.75. The molecule has 0 saturated carbocycles. The van der Waals surface area contributed by atoms with Crippen LogP contribution in [-0.2, 0) is 28.6 Å². The van der Waals surface area contributed by atoms with Gasteiger partial charge in [0.1, 0.15) is 18.6 Å². The minimum Gasteiger partial charge on any atom is -0.459 e. The summed E-state index contributed by atoms with van der Waals surface area (Å²) in [4.78, 5) is 30.5. The molecule has 0 N–H and O–H groups in total. The lowest BCUT2D eigenvalue weighted by atomic mass is 10.1. The largest absolute Gasteiger partial charge is 0.459 e. The highest BCUT2D eigenvalue weighted by molar-refractivity contribution is 7.87. The van der Waals surface area contributed by atoms with E-state index in [9.17, 15) is 18.0 Å². The van der Waals surface area contributed by atoms with Crippen molar-refractivity contribution in [3.8, 4) is 0 Å². The summed E-state index contributed by atoms with van der Waals surface area (Å²) >= 11 is 18.2. The highest BCUT2D eigenvalue weighted by Gasteiger charge is 2.39. The molecule has 0 aliphatic carbocycles. The highest BCUT2D eigenvalue weighted by Crippen LogP contribution is 2.33. The van der Waals surface area contributed by atoms with Crippen LogP contribution in [0.1, 0.15) is 20.7 Å². The van der Waals surface area contributed by atoms with Crippen LogP contribution in [0.25, 0.3) is 21.5 Å². The Morgan fingerprint density at radius 2 is 1.31 bits per heavy atom. The number of alkyl halides is 1. The summed E-state index contributed by atoms with van der Waals surface area (Å²) in [6.07, 6.45) is -5.71. The van der Waals surface area contributed by atoms with Crippen LogP contribution in [0, 0.1) is 0 Å². The Kier molecular flexibility index (Phi) is 11.2. The maximum Gasteiger partial charge on any atom is 0.338 e. The van der Waals surface area contributed by atoms with Gasteiger partial charge in [-0.05, 0) is 57.9 Å². The average molecular weight is 733 g/mol. The first-order valence-electron chi connectivity index (χ1n) is 14.1. The lowest BCUT2D eigenvalue weighted by Gasteiger charge is -2.27. The van der Waals surface area contributed by atoms with E-state index in [1.165, 1.54) is 18.2 Å². The molecule has 0 fully saturated rings. The lowest BCUT2D eigenvalue weighted by molar-refractivity contribution is -0.0478. The van der Waals surface area contributed by atoms with Gasteiger partial charge >= 0.3 is 11.9 Å². The van der Waals surface area contributed by atoms with Crippen LogP contribution in [0.3, 0.4) is 0 Å². The lowest BCUT2D eigenvalue weighted by Crippen LogP contribution is -2.45. The van der Waals surface area contributed by atoms with Crippen molar-refractivity contribution in [2.24, 2.45) is 5.16 Å². The smallest absolute Gasteiger partial charge is 0.338 e.